The minimum absolute atomic E-state index is 0.0728. The molecule has 590 valence electrons. The first-order chi connectivity index (χ1) is 53.1. The van der Waals surface area contributed by atoms with E-state index in [9.17, 15) is 69.9 Å². The molecule has 3 aromatic carbocycles. The van der Waals surface area contributed by atoms with E-state index >= 15 is 0 Å². The van der Waals surface area contributed by atoms with Gasteiger partial charge in [-0.25, -0.2) is 22.0 Å². The zero-order valence-corrected chi connectivity index (χ0v) is 64.8. The van der Waals surface area contributed by atoms with Gasteiger partial charge in [-0.15, -0.1) is 21.5 Å². The molecule has 17 rings (SSSR count). The fourth-order valence-electron chi connectivity index (χ4n) is 17.6. The Morgan fingerprint density at radius 2 is 0.955 bits per heavy atom. The van der Waals surface area contributed by atoms with Gasteiger partial charge in [-0.3, -0.25) is 52.8 Å². The van der Waals surface area contributed by atoms with E-state index < -0.39 is 118 Å². The molecule has 4 saturated heterocycles. The van der Waals surface area contributed by atoms with Crippen LogP contribution in [0.25, 0.3) is 0 Å². The number of nitrogens with zero attached hydrogens (tertiary/aromatic N) is 7. The molecule has 7 aliphatic heterocycles. The molecule has 4 aromatic heterocycles. The number of Topliss-reactive ketones (excluding diaryl/α,β-unsaturated/α-hetero) is 3. The number of anilines is 3. The summed E-state index contributed by atoms with van der Waals surface area (Å²) in [6, 6.07) is 14.2. The fourth-order valence-corrected chi connectivity index (χ4v) is 18.9. The number of carbonyl (C=O) groups is 10. The van der Waals surface area contributed by atoms with Gasteiger partial charge in [0.1, 0.15) is 39.0 Å². The van der Waals surface area contributed by atoms with Crippen molar-refractivity contribution < 1.29 is 79.4 Å². The number of nitrogens with one attached hydrogen (secondary N) is 6. The average Bonchev–Trinajstić information content (AvgIpc) is 1.20. The molecule has 10 aliphatic rings. The number of fused-ring (bicyclic) bond motifs is 3. The molecular formula is C78H79Cl3F5N13O12S. The topological polar surface area (TPSA) is 308 Å². The molecule has 6 N–H and O–H groups in total. The summed E-state index contributed by atoms with van der Waals surface area (Å²) < 4.78 is 85.6. The van der Waals surface area contributed by atoms with Crippen molar-refractivity contribution in [1.29, 1.82) is 0 Å². The minimum Gasteiger partial charge on any atom is -0.380 e. The molecule has 3 aliphatic carbocycles. The van der Waals surface area contributed by atoms with E-state index in [1.165, 1.54) is 28.4 Å². The molecule has 112 heavy (non-hydrogen) atoms. The monoisotopic (exact) mass is 1620 g/mol. The second-order valence-electron chi connectivity index (χ2n) is 31.6. The number of likely N-dealkylation sites (tertiary alicyclic amines) is 2. The summed E-state index contributed by atoms with van der Waals surface area (Å²) in [6.07, 6.45) is 3.11. The Labute approximate surface area is 657 Å². The second-order valence-corrected chi connectivity index (χ2v) is 33.6. The van der Waals surface area contributed by atoms with Crippen molar-refractivity contribution in [3.8, 4) is 0 Å². The number of hydrogen-bond acceptors (Lipinski definition) is 16. The van der Waals surface area contributed by atoms with Crippen LogP contribution < -0.4 is 31.9 Å². The molecule has 7 amide bonds. The Kier molecular flexibility index (Phi) is 20.2. The van der Waals surface area contributed by atoms with Crippen molar-refractivity contribution in [3.05, 3.63) is 165 Å². The maximum atomic E-state index is 14.1. The Bertz CT molecular complexity index is 5150. The highest BCUT2D eigenvalue weighted by Gasteiger charge is 2.67. The van der Waals surface area contributed by atoms with Gasteiger partial charge < -0.3 is 60.0 Å². The highest BCUT2D eigenvalue weighted by atomic mass is 35.5. The Morgan fingerprint density at radius 3 is 1.32 bits per heavy atom. The molecule has 7 aromatic rings. The van der Waals surface area contributed by atoms with Gasteiger partial charge in [-0.1, -0.05) is 46.9 Å². The van der Waals surface area contributed by atoms with Crippen molar-refractivity contribution in [2.75, 3.05) is 68.6 Å². The predicted molar refractivity (Wildman–Crippen MR) is 402 cm³/mol. The van der Waals surface area contributed by atoms with Crippen molar-refractivity contribution in [2.24, 2.45) is 5.41 Å². The maximum absolute atomic E-state index is 14.1. The van der Waals surface area contributed by atoms with E-state index in [1.54, 1.807) is 65.7 Å². The second kappa shape index (κ2) is 29.0. The van der Waals surface area contributed by atoms with Gasteiger partial charge in [-0.2, -0.15) is 0 Å². The summed E-state index contributed by atoms with van der Waals surface area (Å²) in [5, 5.41) is 25.8. The SMILES string of the molecule is Cc1c(C(=O)C(=O)NC2(CN3CC4(COC4)C3)CC(F)(F)C2)c2n(c1C(=O)Nc1ccc(F)c(Cl)c1)CCC2.Cc1ccc(NC(=O)c2c(C)c(C(=O)C(=O)NC3(C(=O)N4CCC45COC5)CC(F)(F)C3)c3n2CCC3)cc1Cl.Cc1ccc(NC(=O)c2c(C)c(C(=O)C(=O)NC3(c4nncs4)CC3)c3n2CCC3)cc1Cl. The number of rotatable bonds is 19. The lowest BCUT2D eigenvalue weighted by Crippen LogP contribution is -2.79. The third-order valence-electron chi connectivity index (χ3n) is 23.4. The van der Waals surface area contributed by atoms with Crippen LogP contribution in [0.3, 0.4) is 0 Å². The van der Waals surface area contributed by atoms with Crippen LogP contribution >= 0.6 is 46.1 Å². The summed E-state index contributed by atoms with van der Waals surface area (Å²) in [6.45, 7) is 14.2. The highest BCUT2D eigenvalue weighted by Crippen LogP contribution is 2.52. The van der Waals surface area contributed by atoms with Crippen LogP contribution in [-0.4, -0.2) is 173 Å². The van der Waals surface area contributed by atoms with Gasteiger partial charge in [0.2, 0.25) is 5.91 Å². The molecule has 0 radical (unpaired) electrons. The molecule has 0 unspecified atom stereocenters. The van der Waals surface area contributed by atoms with Crippen LogP contribution in [0.2, 0.25) is 15.1 Å². The Hall–Kier alpha value is -9.24. The Balaban J connectivity index is 0.000000134. The van der Waals surface area contributed by atoms with Gasteiger partial charge in [0.05, 0.1) is 64.8 Å². The number of hydrogen-bond donors (Lipinski definition) is 6. The molecule has 11 heterocycles. The number of halogens is 8. The van der Waals surface area contributed by atoms with Crippen LogP contribution in [0.4, 0.5) is 39.0 Å². The first kappa shape index (κ1) is 78.1. The first-order valence-corrected chi connectivity index (χ1v) is 39.0. The van der Waals surface area contributed by atoms with Crippen molar-refractivity contribution in [1.82, 2.24) is 49.6 Å². The summed E-state index contributed by atoms with van der Waals surface area (Å²) in [5.41, 5.74) is 5.03. The molecule has 2 spiro atoms. The van der Waals surface area contributed by atoms with E-state index in [2.05, 4.69) is 42.1 Å². The normalized spacial score (nSPS) is 19.8. The minimum atomic E-state index is -3.13. The number of alkyl halides is 4. The lowest BCUT2D eigenvalue weighted by atomic mass is 9.69. The zero-order chi connectivity index (χ0) is 79.7. The summed E-state index contributed by atoms with van der Waals surface area (Å²) >= 11 is 19.6. The zero-order valence-electron chi connectivity index (χ0n) is 61.7. The van der Waals surface area contributed by atoms with Crippen molar-refractivity contribution in [2.45, 2.75) is 172 Å². The standard InChI is InChI=1S/C28H29ClF2N4O5.C27H28ClF3N4O4.C23H22ClN5O3S/c1-15-5-6-17(10-18(15)29)32-23(37)21-16(2)20(19-4-3-8-34(19)21)22(36)24(38)33-27(11-28(30,31)12-27)25(39)35-9-7-26(35)13-40-14-26;1-15-20(19-3-2-6-35(19)21(15)23(37)32-16-4-5-18(29)17(28)7-16)22(36)24(38)33-26(8-27(30,31)9-26)12-34-10-25(11-34)13-39-14-25;1-12-5-6-14(10-15(12)24)26-20(31)18-13(2)17(16-4-3-9-29(16)18)19(30)21(32)27-23(7-8-23)22-28-25-11-33-22/h5-6,10H,3-4,7-9,11-14H2,1-2H3,(H,32,37)(H,33,38);4-5,7H,2-3,6,8-14H2,1H3,(H,32,37)(H,33,38);5-6,10-11H,3-4,7-9H2,1-2H3,(H,26,31)(H,27,32). The van der Waals surface area contributed by atoms with E-state index in [4.69, 9.17) is 44.3 Å². The molecule has 0 bridgehead atoms. The van der Waals surface area contributed by atoms with Gasteiger partial charge in [0, 0.05) is 121 Å². The predicted octanol–water partition coefficient (Wildman–Crippen LogP) is 10.8. The van der Waals surface area contributed by atoms with Gasteiger partial charge in [0.25, 0.3) is 64.6 Å². The van der Waals surface area contributed by atoms with Crippen LogP contribution in [0.15, 0.2) is 60.1 Å². The largest absolute Gasteiger partial charge is 0.380 e. The average molecular weight is 1620 g/mol. The Morgan fingerprint density at radius 1 is 0.527 bits per heavy atom. The van der Waals surface area contributed by atoms with Crippen molar-refractivity contribution in [3.63, 3.8) is 0 Å². The summed E-state index contributed by atoms with van der Waals surface area (Å²) in [7, 11) is 0. The van der Waals surface area contributed by atoms with Gasteiger partial charge in [-0.05, 0) is 163 Å². The van der Waals surface area contributed by atoms with E-state index in [0.29, 0.717) is 170 Å². The lowest BCUT2D eigenvalue weighted by Gasteiger charge is -2.61. The van der Waals surface area contributed by atoms with Crippen LogP contribution in [0.1, 0.15) is 177 Å². The number of carbonyl (C=O) groups excluding carboxylic acids is 10. The van der Waals surface area contributed by atoms with Crippen LogP contribution in [0.5, 0.6) is 0 Å². The molecule has 3 saturated carbocycles. The molecule has 34 heteroatoms. The van der Waals surface area contributed by atoms with Gasteiger partial charge in [0.15, 0.2) is 0 Å². The smallest absolute Gasteiger partial charge is 0.293 e. The molecule has 25 nitrogen and oxygen atoms in total. The van der Waals surface area contributed by atoms with Gasteiger partial charge >= 0.3 is 0 Å². The fraction of sp³-hybridized carbons (Fsp3) is 0.462. The number of amides is 7. The number of aryl methyl sites for hydroxylation is 2. The third-order valence-corrected chi connectivity index (χ3v) is 25.4. The van der Waals surface area contributed by atoms with E-state index in [0.717, 1.165) is 42.1 Å². The highest BCUT2D eigenvalue weighted by molar-refractivity contribution is 7.09. The van der Waals surface area contributed by atoms with Crippen LogP contribution in [-0.2, 0) is 73.1 Å². The number of ketones is 3. The summed E-state index contributed by atoms with van der Waals surface area (Å²) in [4.78, 5) is 136. The molecule has 0 atom stereocenters. The van der Waals surface area contributed by atoms with E-state index in [1.807, 2.05) is 29.4 Å². The molecule has 7 fully saturated rings. The lowest BCUT2D eigenvalue weighted by molar-refractivity contribution is -0.218. The number of benzene rings is 3. The maximum Gasteiger partial charge on any atom is 0.293 e. The van der Waals surface area contributed by atoms with Crippen LogP contribution in [0, 0.1) is 45.9 Å². The summed E-state index contributed by atoms with van der Waals surface area (Å²) in [5.74, 6) is -13.8. The van der Waals surface area contributed by atoms with Crippen molar-refractivity contribution >= 4 is 122 Å². The van der Waals surface area contributed by atoms with E-state index in [-0.39, 0.29) is 51.1 Å². The molecular weight excluding hydrogens is 1540 g/mol. The number of aromatic nitrogens is 5. The number of ether oxygens (including phenoxy) is 2. The third kappa shape index (κ3) is 14.2. The first-order valence-electron chi connectivity index (χ1n) is 37.0. The quantitative estimate of drug-likeness (QED) is 0.0249.